The predicted octanol–water partition coefficient (Wildman–Crippen LogP) is 1.93. The molecule has 1 aliphatic carbocycles. The molecule has 1 atom stereocenters. The average Bonchev–Trinajstić information content (AvgIpc) is 2.89. The summed E-state index contributed by atoms with van der Waals surface area (Å²) >= 11 is 1.76. The van der Waals surface area contributed by atoms with E-state index in [9.17, 15) is 4.79 Å². The molecule has 0 saturated carbocycles. The summed E-state index contributed by atoms with van der Waals surface area (Å²) in [5.74, 6) is 0.117. The van der Waals surface area contributed by atoms with Crippen molar-refractivity contribution in [2.24, 2.45) is 0 Å². The highest BCUT2D eigenvalue weighted by Crippen LogP contribution is 2.33. The zero-order chi connectivity index (χ0) is 13.2. The number of carbonyl (C=O) groups is 1. The average molecular weight is 274 g/mol. The molecule has 3 rings (SSSR count). The number of nitrogen functional groups attached to an aromatic ring is 1. The Balaban J connectivity index is 1.76. The second kappa shape index (κ2) is 4.97. The molecule has 2 heterocycles. The normalized spacial score (nSPS) is 17.8. The Morgan fingerprint density at radius 1 is 1.42 bits per heavy atom. The van der Waals surface area contributed by atoms with E-state index in [1.807, 2.05) is 0 Å². The third-order valence-corrected chi connectivity index (χ3v) is 4.26. The topological polar surface area (TPSA) is 80.9 Å². The number of hydrogen-bond donors (Lipinski definition) is 2. The van der Waals surface area contributed by atoms with Crippen LogP contribution in [0.1, 0.15) is 39.8 Å². The van der Waals surface area contributed by atoms with Crippen molar-refractivity contribution in [1.29, 1.82) is 0 Å². The lowest BCUT2D eigenvalue weighted by Gasteiger charge is -2.23. The largest absolute Gasteiger partial charge is 0.382 e. The molecular formula is C13H14N4OS. The van der Waals surface area contributed by atoms with Crippen molar-refractivity contribution >= 4 is 23.1 Å². The number of fused-ring (bicyclic) bond motifs is 1. The molecule has 0 fully saturated rings. The van der Waals surface area contributed by atoms with Crippen LogP contribution in [0.5, 0.6) is 0 Å². The molecule has 1 aliphatic rings. The summed E-state index contributed by atoms with van der Waals surface area (Å²) in [6, 6.07) is 2.18. The molecule has 2 aromatic rings. The van der Waals surface area contributed by atoms with Gasteiger partial charge >= 0.3 is 0 Å². The fourth-order valence-corrected chi connectivity index (χ4v) is 3.31. The second-order valence-corrected chi connectivity index (χ2v) is 5.54. The molecule has 6 heteroatoms. The lowest BCUT2D eigenvalue weighted by molar-refractivity contribution is 0.0927. The van der Waals surface area contributed by atoms with Crippen molar-refractivity contribution in [1.82, 2.24) is 15.3 Å². The minimum atomic E-state index is -0.198. The molecule has 0 bridgehead atoms. The van der Waals surface area contributed by atoms with Crippen molar-refractivity contribution in [2.45, 2.75) is 25.3 Å². The Morgan fingerprint density at radius 3 is 3.11 bits per heavy atom. The van der Waals surface area contributed by atoms with Crippen LogP contribution in [0.25, 0.3) is 0 Å². The van der Waals surface area contributed by atoms with Gasteiger partial charge in [-0.3, -0.25) is 4.79 Å². The van der Waals surface area contributed by atoms with Crippen molar-refractivity contribution in [3.05, 3.63) is 40.0 Å². The quantitative estimate of drug-likeness (QED) is 0.876. The Hall–Kier alpha value is -1.95. The molecule has 1 unspecified atom stereocenters. The Labute approximate surface area is 114 Å². The molecule has 19 heavy (non-hydrogen) atoms. The number of anilines is 1. The van der Waals surface area contributed by atoms with Gasteiger partial charge in [0, 0.05) is 4.88 Å². The molecule has 0 spiro atoms. The van der Waals surface area contributed by atoms with Gasteiger partial charge < -0.3 is 11.1 Å². The minimum Gasteiger partial charge on any atom is -0.382 e. The van der Waals surface area contributed by atoms with E-state index in [1.54, 1.807) is 11.3 Å². The van der Waals surface area contributed by atoms with Gasteiger partial charge in [-0.05, 0) is 36.3 Å². The number of amides is 1. The lowest BCUT2D eigenvalue weighted by Crippen LogP contribution is -2.31. The van der Waals surface area contributed by atoms with Crippen molar-refractivity contribution in [2.75, 3.05) is 5.73 Å². The first-order chi connectivity index (χ1) is 9.24. The Kier molecular flexibility index (Phi) is 3.16. The van der Waals surface area contributed by atoms with E-state index in [2.05, 4.69) is 26.7 Å². The minimum absolute atomic E-state index is 0.0850. The fraction of sp³-hybridized carbons (Fsp3) is 0.308. The molecule has 2 aromatic heterocycles. The number of carbonyl (C=O) groups excluding carboxylic acids is 1. The predicted molar refractivity (Wildman–Crippen MR) is 73.9 cm³/mol. The fourth-order valence-electron chi connectivity index (χ4n) is 2.32. The van der Waals surface area contributed by atoms with Crippen LogP contribution in [-0.2, 0) is 6.42 Å². The van der Waals surface area contributed by atoms with Crippen LogP contribution >= 0.6 is 11.3 Å². The first kappa shape index (κ1) is 12.1. The van der Waals surface area contributed by atoms with Gasteiger partial charge in [0.15, 0.2) is 0 Å². The molecule has 5 nitrogen and oxygen atoms in total. The number of aromatic nitrogens is 2. The zero-order valence-electron chi connectivity index (χ0n) is 10.3. The number of nitrogens with zero attached hydrogens (tertiary/aromatic N) is 2. The van der Waals surface area contributed by atoms with Gasteiger partial charge in [0.2, 0.25) is 0 Å². The second-order valence-electron chi connectivity index (χ2n) is 4.54. The van der Waals surface area contributed by atoms with Gasteiger partial charge in [0.1, 0.15) is 11.5 Å². The number of hydrogen-bond acceptors (Lipinski definition) is 5. The van der Waals surface area contributed by atoms with E-state index < -0.39 is 0 Å². The number of aryl methyl sites for hydroxylation is 1. The molecular weight excluding hydrogens is 260 g/mol. The number of thiophene rings is 1. The zero-order valence-corrected chi connectivity index (χ0v) is 11.1. The standard InChI is InChI=1S/C13H14N4OS/c14-12-7-15-10(6-16-12)13(18)17-9-2-1-3-11-8(9)4-5-19-11/h4-7,9H,1-3H2,(H2,14,16)(H,17,18). The summed E-state index contributed by atoms with van der Waals surface area (Å²) < 4.78 is 0. The Morgan fingerprint density at radius 2 is 2.32 bits per heavy atom. The maximum atomic E-state index is 12.1. The van der Waals surface area contributed by atoms with Gasteiger partial charge in [-0.2, -0.15) is 0 Å². The summed E-state index contributed by atoms with van der Waals surface area (Å²) in [4.78, 5) is 21.4. The summed E-state index contributed by atoms with van der Waals surface area (Å²) in [5.41, 5.74) is 7.00. The number of rotatable bonds is 2. The molecule has 1 amide bonds. The summed E-state index contributed by atoms with van der Waals surface area (Å²) in [6.07, 6.45) is 5.98. The third-order valence-electron chi connectivity index (χ3n) is 3.26. The van der Waals surface area contributed by atoms with E-state index in [-0.39, 0.29) is 11.9 Å². The van der Waals surface area contributed by atoms with Crippen LogP contribution in [0, 0.1) is 0 Å². The molecule has 0 aromatic carbocycles. The monoisotopic (exact) mass is 274 g/mol. The molecule has 0 radical (unpaired) electrons. The summed E-state index contributed by atoms with van der Waals surface area (Å²) in [5, 5.41) is 5.10. The van der Waals surface area contributed by atoms with E-state index in [0.717, 1.165) is 19.3 Å². The SMILES string of the molecule is Nc1cnc(C(=O)NC2CCCc3sccc32)cn1. The lowest BCUT2D eigenvalue weighted by atomic mass is 9.94. The van der Waals surface area contributed by atoms with Crippen LogP contribution < -0.4 is 11.1 Å². The van der Waals surface area contributed by atoms with E-state index >= 15 is 0 Å². The van der Waals surface area contributed by atoms with Crippen LogP contribution in [0.3, 0.4) is 0 Å². The summed E-state index contributed by atoms with van der Waals surface area (Å²) in [7, 11) is 0. The van der Waals surface area contributed by atoms with E-state index in [4.69, 9.17) is 5.73 Å². The first-order valence-corrected chi connectivity index (χ1v) is 7.06. The third kappa shape index (κ3) is 2.44. The van der Waals surface area contributed by atoms with Crippen LogP contribution in [0.2, 0.25) is 0 Å². The maximum Gasteiger partial charge on any atom is 0.271 e. The van der Waals surface area contributed by atoms with Gasteiger partial charge in [0.25, 0.3) is 5.91 Å². The van der Waals surface area contributed by atoms with Gasteiger partial charge in [-0.15, -0.1) is 11.3 Å². The van der Waals surface area contributed by atoms with Crippen LogP contribution in [0.15, 0.2) is 23.8 Å². The van der Waals surface area contributed by atoms with Gasteiger partial charge in [0.05, 0.1) is 18.4 Å². The van der Waals surface area contributed by atoms with Crippen molar-refractivity contribution in [3.63, 3.8) is 0 Å². The van der Waals surface area contributed by atoms with Crippen LogP contribution in [0.4, 0.5) is 5.82 Å². The van der Waals surface area contributed by atoms with Crippen molar-refractivity contribution < 1.29 is 4.79 Å². The summed E-state index contributed by atoms with van der Waals surface area (Å²) in [6.45, 7) is 0. The molecule has 0 saturated heterocycles. The van der Waals surface area contributed by atoms with E-state index in [1.165, 1.54) is 22.8 Å². The molecule has 3 N–H and O–H groups in total. The molecule has 0 aliphatic heterocycles. The smallest absolute Gasteiger partial charge is 0.271 e. The Bertz CT molecular complexity index is 593. The van der Waals surface area contributed by atoms with Crippen molar-refractivity contribution in [3.8, 4) is 0 Å². The molecule has 98 valence electrons. The van der Waals surface area contributed by atoms with Crippen LogP contribution in [-0.4, -0.2) is 15.9 Å². The maximum absolute atomic E-state index is 12.1. The number of nitrogens with two attached hydrogens (primary N) is 1. The first-order valence-electron chi connectivity index (χ1n) is 6.18. The van der Waals surface area contributed by atoms with E-state index in [0.29, 0.717) is 11.5 Å². The highest BCUT2D eigenvalue weighted by atomic mass is 32.1. The van der Waals surface area contributed by atoms with Gasteiger partial charge in [-0.1, -0.05) is 0 Å². The highest BCUT2D eigenvalue weighted by Gasteiger charge is 2.23. The number of nitrogens with one attached hydrogen (secondary N) is 1. The van der Waals surface area contributed by atoms with Gasteiger partial charge in [-0.25, -0.2) is 9.97 Å². The highest BCUT2D eigenvalue weighted by molar-refractivity contribution is 7.10.